The van der Waals surface area contributed by atoms with E-state index < -0.39 is 0 Å². The number of hydrogen-bond donors (Lipinski definition) is 0. The van der Waals surface area contributed by atoms with Crippen LogP contribution in [0.2, 0.25) is 0 Å². The monoisotopic (exact) mass is 241 g/mol. The van der Waals surface area contributed by atoms with Crippen LogP contribution in [-0.4, -0.2) is 36.5 Å². The number of carbonyl (C=O) groups excluding carboxylic acids is 2. The minimum absolute atomic E-state index is 0.0941. The molecule has 0 spiro atoms. The van der Waals surface area contributed by atoms with Crippen LogP contribution in [0.5, 0.6) is 0 Å². The van der Waals surface area contributed by atoms with Crippen molar-refractivity contribution in [1.29, 1.82) is 0 Å². The molecule has 0 aromatic carbocycles. The lowest BCUT2D eigenvalue weighted by molar-refractivity contribution is -0.145. The van der Waals surface area contributed by atoms with Crippen molar-refractivity contribution < 1.29 is 14.3 Å². The van der Waals surface area contributed by atoms with E-state index in [2.05, 4.69) is 6.92 Å². The van der Waals surface area contributed by atoms with E-state index in [1.807, 2.05) is 4.90 Å². The topological polar surface area (TPSA) is 46.6 Å². The highest BCUT2D eigenvalue weighted by atomic mass is 16.5. The third-order valence-corrected chi connectivity index (χ3v) is 3.18. The van der Waals surface area contributed by atoms with E-state index in [-0.39, 0.29) is 24.7 Å². The zero-order valence-electron chi connectivity index (χ0n) is 10.9. The molecular weight excluding hydrogens is 218 g/mol. The van der Waals surface area contributed by atoms with E-state index in [1.54, 1.807) is 6.92 Å². The van der Waals surface area contributed by atoms with Gasteiger partial charge in [-0.05, 0) is 25.7 Å². The van der Waals surface area contributed by atoms with Gasteiger partial charge in [0.1, 0.15) is 0 Å². The number of carbonyl (C=O) groups is 2. The first-order chi connectivity index (χ1) is 8.17. The molecule has 1 aliphatic heterocycles. The summed E-state index contributed by atoms with van der Waals surface area (Å²) in [6.07, 6.45) is 3.98. The van der Waals surface area contributed by atoms with Crippen LogP contribution < -0.4 is 0 Å². The van der Waals surface area contributed by atoms with Gasteiger partial charge in [0.15, 0.2) is 0 Å². The minimum Gasteiger partial charge on any atom is -0.466 e. The molecule has 1 amide bonds. The molecule has 4 heteroatoms. The van der Waals surface area contributed by atoms with Crippen LogP contribution in [0.4, 0.5) is 0 Å². The summed E-state index contributed by atoms with van der Waals surface area (Å²) in [7, 11) is 0. The standard InChI is InChI=1S/C13H23NO3/c1-3-5-11-8-9-14(10-11)12(15)6-7-13(16)17-4-2/h11H,3-10H2,1-2H3. The predicted molar refractivity (Wildman–Crippen MR) is 65.5 cm³/mol. The third-order valence-electron chi connectivity index (χ3n) is 3.18. The van der Waals surface area contributed by atoms with E-state index in [1.165, 1.54) is 12.8 Å². The maximum absolute atomic E-state index is 11.8. The summed E-state index contributed by atoms with van der Waals surface area (Å²) in [5.74, 6) is 0.480. The van der Waals surface area contributed by atoms with Crippen molar-refractivity contribution in [3.8, 4) is 0 Å². The Morgan fingerprint density at radius 2 is 2.06 bits per heavy atom. The molecule has 0 bridgehead atoms. The Morgan fingerprint density at radius 1 is 1.29 bits per heavy atom. The number of ether oxygens (including phenoxy) is 1. The molecule has 0 saturated carbocycles. The quantitative estimate of drug-likeness (QED) is 0.668. The van der Waals surface area contributed by atoms with Crippen LogP contribution in [0.15, 0.2) is 0 Å². The number of amides is 1. The SMILES string of the molecule is CCCC1CCN(C(=O)CCC(=O)OCC)C1. The molecule has 1 aliphatic rings. The van der Waals surface area contributed by atoms with Crippen molar-refractivity contribution >= 4 is 11.9 Å². The highest BCUT2D eigenvalue weighted by Crippen LogP contribution is 2.21. The highest BCUT2D eigenvalue weighted by molar-refractivity contribution is 5.81. The van der Waals surface area contributed by atoms with Crippen molar-refractivity contribution in [2.45, 2.75) is 46.0 Å². The van der Waals surface area contributed by atoms with E-state index in [0.717, 1.165) is 19.5 Å². The van der Waals surface area contributed by atoms with Crippen LogP contribution in [0, 0.1) is 5.92 Å². The molecular formula is C13H23NO3. The maximum Gasteiger partial charge on any atom is 0.306 e. The van der Waals surface area contributed by atoms with Gasteiger partial charge in [0.2, 0.25) is 5.91 Å². The summed E-state index contributed by atoms with van der Waals surface area (Å²) in [6.45, 7) is 6.05. The summed E-state index contributed by atoms with van der Waals surface area (Å²) >= 11 is 0. The second-order valence-electron chi connectivity index (χ2n) is 4.59. The van der Waals surface area contributed by atoms with Gasteiger partial charge in [0, 0.05) is 19.5 Å². The highest BCUT2D eigenvalue weighted by Gasteiger charge is 2.25. The summed E-state index contributed by atoms with van der Waals surface area (Å²) in [4.78, 5) is 24.8. The molecule has 1 fully saturated rings. The predicted octanol–water partition coefficient (Wildman–Crippen LogP) is 1.98. The lowest BCUT2D eigenvalue weighted by Gasteiger charge is -2.16. The first-order valence-electron chi connectivity index (χ1n) is 6.60. The molecule has 1 unspecified atom stereocenters. The molecule has 1 atom stereocenters. The number of nitrogens with zero attached hydrogens (tertiary/aromatic N) is 1. The molecule has 1 heterocycles. The van der Waals surface area contributed by atoms with Crippen molar-refractivity contribution in [2.24, 2.45) is 5.92 Å². The minimum atomic E-state index is -0.273. The summed E-state index contributed by atoms with van der Waals surface area (Å²) < 4.78 is 4.80. The molecule has 0 aliphatic carbocycles. The van der Waals surface area contributed by atoms with Gasteiger partial charge in [0.05, 0.1) is 13.0 Å². The zero-order valence-corrected chi connectivity index (χ0v) is 10.9. The van der Waals surface area contributed by atoms with Crippen molar-refractivity contribution in [3.63, 3.8) is 0 Å². The van der Waals surface area contributed by atoms with Crippen molar-refractivity contribution in [1.82, 2.24) is 4.90 Å². The lowest BCUT2D eigenvalue weighted by atomic mass is 10.0. The molecule has 98 valence electrons. The fraction of sp³-hybridized carbons (Fsp3) is 0.846. The fourth-order valence-corrected chi connectivity index (χ4v) is 2.30. The van der Waals surface area contributed by atoms with Gasteiger partial charge in [0.25, 0.3) is 0 Å². The zero-order chi connectivity index (χ0) is 12.7. The number of rotatable bonds is 6. The Morgan fingerprint density at radius 3 is 2.71 bits per heavy atom. The average molecular weight is 241 g/mol. The smallest absolute Gasteiger partial charge is 0.306 e. The first-order valence-corrected chi connectivity index (χ1v) is 6.60. The van der Waals surface area contributed by atoms with Crippen LogP contribution >= 0.6 is 0 Å². The van der Waals surface area contributed by atoms with Gasteiger partial charge in [-0.2, -0.15) is 0 Å². The van der Waals surface area contributed by atoms with Crippen LogP contribution in [0.1, 0.15) is 46.0 Å². The summed E-state index contributed by atoms with van der Waals surface area (Å²) in [6, 6.07) is 0. The Bertz CT molecular complexity index is 265. The second-order valence-corrected chi connectivity index (χ2v) is 4.59. The number of esters is 1. The lowest BCUT2D eigenvalue weighted by Crippen LogP contribution is -2.29. The number of hydrogen-bond acceptors (Lipinski definition) is 3. The van der Waals surface area contributed by atoms with E-state index in [9.17, 15) is 9.59 Å². The Labute approximate surface area is 103 Å². The van der Waals surface area contributed by atoms with Gasteiger partial charge in [-0.3, -0.25) is 9.59 Å². The Kier molecular flexibility index (Phi) is 6.01. The van der Waals surface area contributed by atoms with Gasteiger partial charge in [-0.1, -0.05) is 13.3 Å². The van der Waals surface area contributed by atoms with E-state index >= 15 is 0 Å². The van der Waals surface area contributed by atoms with Gasteiger partial charge in [-0.15, -0.1) is 0 Å². The van der Waals surface area contributed by atoms with Crippen LogP contribution in [0.3, 0.4) is 0 Å². The average Bonchev–Trinajstić information content (AvgIpc) is 2.75. The van der Waals surface area contributed by atoms with E-state index in [0.29, 0.717) is 12.5 Å². The molecule has 0 aromatic rings. The third kappa shape index (κ3) is 4.75. The second kappa shape index (κ2) is 7.30. The van der Waals surface area contributed by atoms with Gasteiger partial charge >= 0.3 is 5.97 Å². The summed E-state index contributed by atoms with van der Waals surface area (Å²) in [5.41, 5.74) is 0. The Hall–Kier alpha value is -1.06. The van der Waals surface area contributed by atoms with Gasteiger partial charge in [-0.25, -0.2) is 0 Å². The molecule has 0 N–H and O–H groups in total. The molecule has 0 aromatic heterocycles. The normalized spacial score (nSPS) is 19.4. The van der Waals surface area contributed by atoms with Gasteiger partial charge < -0.3 is 9.64 Å². The molecule has 1 rings (SSSR count). The summed E-state index contributed by atoms with van der Waals surface area (Å²) in [5, 5.41) is 0. The van der Waals surface area contributed by atoms with E-state index in [4.69, 9.17) is 4.74 Å². The van der Waals surface area contributed by atoms with Crippen molar-refractivity contribution in [2.75, 3.05) is 19.7 Å². The molecule has 1 saturated heterocycles. The first kappa shape index (κ1) is 14.0. The molecule has 17 heavy (non-hydrogen) atoms. The largest absolute Gasteiger partial charge is 0.466 e. The maximum atomic E-state index is 11.8. The number of likely N-dealkylation sites (tertiary alicyclic amines) is 1. The fourth-order valence-electron chi connectivity index (χ4n) is 2.30. The van der Waals surface area contributed by atoms with Crippen molar-refractivity contribution in [3.05, 3.63) is 0 Å². The van der Waals surface area contributed by atoms with Crippen LogP contribution in [-0.2, 0) is 14.3 Å². The molecule has 0 radical (unpaired) electrons. The molecule has 4 nitrogen and oxygen atoms in total. The Balaban J connectivity index is 2.22. The van der Waals surface area contributed by atoms with Crippen LogP contribution in [0.25, 0.3) is 0 Å².